The predicted molar refractivity (Wildman–Crippen MR) is 102 cm³/mol. The molecular weight excluding hydrogens is 330 g/mol. The lowest BCUT2D eigenvalue weighted by Crippen LogP contribution is -2.34. The molecule has 3 aromatic rings. The first-order valence-electron chi connectivity index (χ1n) is 9.11. The highest BCUT2D eigenvalue weighted by molar-refractivity contribution is 5.83. The van der Waals surface area contributed by atoms with Crippen LogP contribution in [0.1, 0.15) is 36.9 Å². The number of hydrogen-bond donors (Lipinski definition) is 1. The molecule has 1 aliphatic heterocycles. The minimum atomic E-state index is -0.285. The monoisotopic (exact) mass is 353 g/mol. The minimum Gasteiger partial charge on any atom is -0.361 e. The van der Waals surface area contributed by atoms with E-state index in [1.54, 1.807) is 11.7 Å². The van der Waals surface area contributed by atoms with Gasteiger partial charge >= 0.3 is 5.69 Å². The first kappa shape index (κ1) is 16.6. The fourth-order valence-corrected chi connectivity index (χ4v) is 4.17. The zero-order valence-corrected chi connectivity index (χ0v) is 15.1. The molecule has 4 rings (SSSR count). The van der Waals surface area contributed by atoms with E-state index in [1.807, 2.05) is 13.0 Å². The molecule has 0 radical (unpaired) electrons. The van der Waals surface area contributed by atoms with E-state index in [0.717, 1.165) is 25.9 Å². The molecule has 0 aliphatic carbocycles. The topological polar surface area (TPSA) is 80.0 Å². The van der Waals surface area contributed by atoms with E-state index in [2.05, 4.69) is 39.4 Å². The molecule has 0 amide bonds. The summed E-state index contributed by atoms with van der Waals surface area (Å²) in [6, 6.07) is 8.37. The number of benzene rings is 1. The third kappa shape index (κ3) is 2.64. The maximum atomic E-state index is 11.6. The van der Waals surface area contributed by atoms with Crippen LogP contribution in [-0.2, 0) is 13.5 Å². The molecule has 136 valence electrons. The van der Waals surface area contributed by atoms with Gasteiger partial charge in [0, 0.05) is 37.2 Å². The maximum absolute atomic E-state index is 11.6. The molecule has 0 bridgehead atoms. The summed E-state index contributed by atoms with van der Waals surface area (Å²) in [7, 11) is 1.80. The molecule has 0 atom stereocenters. The van der Waals surface area contributed by atoms with E-state index in [0.29, 0.717) is 23.9 Å². The van der Waals surface area contributed by atoms with Crippen molar-refractivity contribution in [2.24, 2.45) is 7.05 Å². The van der Waals surface area contributed by atoms with Crippen molar-refractivity contribution in [3.63, 3.8) is 0 Å². The number of aryl methyl sites for hydroxylation is 2. The Bertz CT molecular complexity index is 950. The molecule has 0 spiro atoms. The van der Waals surface area contributed by atoms with Gasteiger partial charge in [-0.3, -0.25) is 10.1 Å². The molecule has 1 aliphatic rings. The number of rotatable bonds is 4. The average Bonchev–Trinajstić information content (AvgIpc) is 3.22. The lowest BCUT2D eigenvalue weighted by Gasteiger charge is -2.32. The third-order valence-corrected chi connectivity index (χ3v) is 5.44. The van der Waals surface area contributed by atoms with Gasteiger partial charge in [0.2, 0.25) is 5.82 Å². The van der Waals surface area contributed by atoms with Crippen molar-refractivity contribution in [3.8, 4) is 0 Å². The van der Waals surface area contributed by atoms with E-state index < -0.39 is 0 Å². The highest BCUT2D eigenvalue weighted by atomic mass is 16.6. The van der Waals surface area contributed by atoms with Crippen LogP contribution in [-0.4, -0.2) is 32.8 Å². The number of piperidine rings is 1. The summed E-state index contributed by atoms with van der Waals surface area (Å²) < 4.78 is 1.67. The van der Waals surface area contributed by atoms with Crippen LogP contribution in [0.5, 0.6) is 0 Å². The zero-order valence-electron chi connectivity index (χ0n) is 15.1. The second-order valence-corrected chi connectivity index (χ2v) is 6.90. The molecule has 1 fully saturated rings. The predicted octanol–water partition coefficient (Wildman–Crippen LogP) is 3.76. The Morgan fingerprint density at radius 1 is 1.31 bits per heavy atom. The van der Waals surface area contributed by atoms with Crippen LogP contribution in [0.2, 0.25) is 0 Å². The minimum absolute atomic E-state index is 0.167. The second-order valence-electron chi connectivity index (χ2n) is 6.90. The quantitative estimate of drug-likeness (QED) is 0.572. The van der Waals surface area contributed by atoms with E-state index in [-0.39, 0.29) is 10.6 Å². The van der Waals surface area contributed by atoms with Crippen LogP contribution in [0.15, 0.2) is 30.5 Å². The summed E-state index contributed by atoms with van der Waals surface area (Å²) in [5, 5.41) is 17.2. The first-order valence-corrected chi connectivity index (χ1v) is 9.11. The number of H-pyrrole nitrogens is 1. The SMILES string of the molecule is CCc1nn(C)c(N2CCC(c3c[nH]c4ccccc34)CC2)c1[N+](=O)[O-]. The van der Waals surface area contributed by atoms with Crippen molar-refractivity contribution in [1.82, 2.24) is 14.8 Å². The molecule has 0 saturated carbocycles. The van der Waals surface area contributed by atoms with Gasteiger partial charge in [0.25, 0.3) is 0 Å². The van der Waals surface area contributed by atoms with Crippen molar-refractivity contribution in [1.29, 1.82) is 0 Å². The lowest BCUT2D eigenvalue weighted by atomic mass is 9.89. The third-order valence-electron chi connectivity index (χ3n) is 5.44. The highest BCUT2D eigenvalue weighted by Gasteiger charge is 2.32. The van der Waals surface area contributed by atoms with Crippen LogP contribution in [0.25, 0.3) is 10.9 Å². The van der Waals surface area contributed by atoms with Gasteiger partial charge in [0.15, 0.2) is 0 Å². The Labute approximate surface area is 151 Å². The van der Waals surface area contributed by atoms with Gasteiger partial charge in [-0.25, -0.2) is 4.68 Å². The Kier molecular flexibility index (Phi) is 4.14. The first-order chi connectivity index (χ1) is 12.6. The largest absolute Gasteiger partial charge is 0.361 e. The fraction of sp³-hybridized carbons (Fsp3) is 0.421. The Hall–Kier alpha value is -2.83. The Balaban J connectivity index is 1.58. The van der Waals surface area contributed by atoms with Gasteiger partial charge in [0.1, 0.15) is 5.69 Å². The second kappa shape index (κ2) is 6.48. The summed E-state index contributed by atoms with van der Waals surface area (Å²) in [4.78, 5) is 16.8. The number of nitro groups is 1. The molecule has 0 unspecified atom stereocenters. The average molecular weight is 353 g/mol. The van der Waals surface area contributed by atoms with Gasteiger partial charge in [-0.1, -0.05) is 25.1 Å². The van der Waals surface area contributed by atoms with Crippen molar-refractivity contribution >= 4 is 22.4 Å². The molecule has 3 heterocycles. The number of fused-ring (bicyclic) bond motifs is 1. The summed E-state index contributed by atoms with van der Waals surface area (Å²) in [5.74, 6) is 1.12. The molecule has 26 heavy (non-hydrogen) atoms. The molecule has 7 nitrogen and oxygen atoms in total. The van der Waals surface area contributed by atoms with Crippen LogP contribution in [0.3, 0.4) is 0 Å². The lowest BCUT2D eigenvalue weighted by molar-refractivity contribution is -0.384. The van der Waals surface area contributed by atoms with E-state index >= 15 is 0 Å². The Morgan fingerprint density at radius 2 is 2.04 bits per heavy atom. The normalized spacial score (nSPS) is 15.7. The number of aromatic nitrogens is 3. The van der Waals surface area contributed by atoms with Crippen LogP contribution in [0, 0.1) is 10.1 Å². The van der Waals surface area contributed by atoms with Crippen molar-refractivity contribution < 1.29 is 4.92 Å². The van der Waals surface area contributed by atoms with Gasteiger partial charge in [-0.15, -0.1) is 0 Å². The van der Waals surface area contributed by atoms with Gasteiger partial charge in [-0.05, 0) is 36.8 Å². The van der Waals surface area contributed by atoms with Crippen LogP contribution in [0.4, 0.5) is 11.5 Å². The van der Waals surface area contributed by atoms with E-state index in [9.17, 15) is 10.1 Å². The Morgan fingerprint density at radius 3 is 2.73 bits per heavy atom. The molecular formula is C19H23N5O2. The van der Waals surface area contributed by atoms with Crippen molar-refractivity contribution in [2.45, 2.75) is 32.1 Å². The van der Waals surface area contributed by atoms with E-state index in [4.69, 9.17) is 0 Å². The van der Waals surface area contributed by atoms with Crippen LogP contribution < -0.4 is 4.90 Å². The summed E-state index contributed by atoms with van der Waals surface area (Å²) in [6.07, 6.45) is 4.64. The molecule has 1 saturated heterocycles. The summed E-state index contributed by atoms with van der Waals surface area (Å²) >= 11 is 0. The number of nitrogens with one attached hydrogen (secondary N) is 1. The molecule has 1 N–H and O–H groups in total. The standard InChI is InChI=1S/C19H23N5O2/c1-3-16-18(24(25)26)19(22(2)21-16)23-10-8-13(9-11-23)15-12-20-17-7-5-4-6-14(15)17/h4-7,12-13,20H,3,8-11H2,1-2H3. The molecule has 2 aromatic heterocycles. The summed E-state index contributed by atoms with van der Waals surface area (Å²) in [5.41, 5.74) is 3.25. The van der Waals surface area contributed by atoms with Crippen molar-refractivity contribution in [2.75, 3.05) is 18.0 Å². The number of aromatic amines is 1. The zero-order chi connectivity index (χ0) is 18.3. The molecule has 7 heteroatoms. The number of anilines is 1. The number of para-hydroxylation sites is 1. The summed E-state index contributed by atoms with van der Waals surface area (Å²) in [6.45, 7) is 3.50. The van der Waals surface area contributed by atoms with E-state index in [1.165, 1.54) is 16.5 Å². The number of nitrogens with zero attached hydrogens (tertiary/aromatic N) is 4. The number of hydrogen-bond acceptors (Lipinski definition) is 4. The maximum Gasteiger partial charge on any atom is 0.334 e. The fourth-order valence-electron chi connectivity index (χ4n) is 4.17. The van der Waals surface area contributed by atoms with Crippen LogP contribution >= 0.6 is 0 Å². The van der Waals surface area contributed by atoms with Crippen molar-refractivity contribution in [3.05, 3.63) is 51.8 Å². The van der Waals surface area contributed by atoms with Gasteiger partial charge in [-0.2, -0.15) is 5.10 Å². The van der Waals surface area contributed by atoms with Gasteiger partial charge < -0.3 is 9.88 Å². The molecule has 1 aromatic carbocycles. The smallest absolute Gasteiger partial charge is 0.334 e. The highest BCUT2D eigenvalue weighted by Crippen LogP contribution is 2.38. The van der Waals surface area contributed by atoms with Gasteiger partial charge in [0.05, 0.1) is 4.92 Å².